The molecule has 2 heterocycles. The van der Waals surface area contributed by atoms with E-state index in [1.807, 2.05) is 38.1 Å². The Morgan fingerprint density at radius 3 is 2.48 bits per heavy atom. The van der Waals surface area contributed by atoms with Crippen molar-refractivity contribution in [3.8, 4) is 11.1 Å². The normalized spacial score (nSPS) is 12.0. The van der Waals surface area contributed by atoms with Gasteiger partial charge >= 0.3 is 11.6 Å². The fraction of sp³-hybridized carbons (Fsp3) is 0.286. The number of likely N-dealkylation sites (N-methyl/N-ethyl adjacent to an activating group) is 1. The summed E-state index contributed by atoms with van der Waals surface area (Å²) in [6.45, 7) is 5.74. The highest BCUT2D eigenvalue weighted by Gasteiger charge is 2.21. The minimum atomic E-state index is -0.520. The summed E-state index contributed by atoms with van der Waals surface area (Å²) in [5, 5.41) is 0.745. The van der Waals surface area contributed by atoms with Gasteiger partial charge in [0.25, 0.3) is 0 Å². The average Bonchev–Trinajstić information content (AvgIpc) is 2.65. The lowest BCUT2D eigenvalue weighted by atomic mass is 9.94. The van der Waals surface area contributed by atoms with Crippen LogP contribution in [0.1, 0.15) is 18.1 Å². The van der Waals surface area contributed by atoms with Crippen LogP contribution in [-0.4, -0.2) is 31.2 Å². The van der Waals surface area contributed by atoms with E-state index in [4.69, 9.17) is 9.15 Å². The largest absolute Gasteiger partial charge is 0.467 e. The number of esters is 1. The molecule has 6 nitrogen and oxygen atoms in total. The third-order valence-corrected chi connectivity index (χ3v) is 4.83. The van der Waals surface area contributed by atoms with Crippen LogP contribution in [0.25, 0.3) is 22.2 Å². The van der Waals surface area contributed by atoms with Crippen molar-refractivity contribution in [1.29, 1.82) is 0 Å². The van der Waals surface area contributed by atoms with Gasteiger partial charge in [-0.25, -0.2) is 9.59 Å². The Kier molecular flexibility index (Phi) is 4.99. The van der Waals surface area contributed by atoms with Crippen LogP contribution in [0.3, 0.4) is 0 Å². The number of hydrogen-bond donors (Lipinski definition) is 0. The predicted molar refractivity (Wildman–Crippen MR) is 105 cm³/mol. The number of benzene rings is 1. The van der Waals surface area contributed by atoms with Gasteiger partial charge in [0.05, 0.1) is 7.11 Å². The molecule has 6 heteroatoms. The first kappa shape index (κ1) is 18.6. The zero-order valence-corrected chi connectivity index (χ0v) is 16.1. The SMILES string of the molecule is COC(=O)C(C)N(C)c1ccc2c(-c3c(C)cccc3C)cc(=O)oc2n1. The van der Waals surface area contributed by atoms with Gasteiger partial charge in [-0.1, -0.05) is 18.2 Å². The first-order chi connectivity index (χ1) is 12.8. The first-order valence-corrected chi connectivity index (χ1v) is 8.65. The second-order valence-corrected chi connectivity index (χ2v) is 6.58. The van der Waals surface area contributed by atoms with Crippen LogP contribution < -0.4 is 10.5 Å². The van der Waals surface area contributed by atoms with E-state index in [0.29, 0.717) is 5.82 Å². The second kappa shape index (κ2) is 7.23. The number of methoxy groups -OCH3 is 1. The van der Waals surface area contributed by atoms with Crippen LogP contribution in [0.4, 0.5) is 5.82 Å². The molecular weight excluding hydrogens is 344 g/mol. The number of carbonyl (C=O) groups is 1. The minimum absolute atomic E-state index is 0.238. The fourth-order valence-electron chi connectivity index (χ4n) is 3.20. The third-order valence-electron chi connectivity index (χ3n) is 4.83. The molecule has 3 aromatic rings. The summed E-state index contributed by atoms with van der Waals surface area (Å²) >= 11 is 0. The summed E-state index contributed by atoms with van der Waals surface area (Å²) in [6, 6.07) is 10.7. The summed E-state index contributed by atoms with van der Waals surface area (Å²) in [6.07, 6.45) is 0. The summed E-state index contributed by atoms with van der Waals surface area (Å²) in [5.74, 6) is 0.146. The highest BCUT2D eigenvalue weighted by molar-refractivity contribution is 5.94. The number of aryl methyl sites for hydroxylation is 2. The second-order valence-electron chi connectivity index (χ2n) is 6.58. The maximum absolute atomic E-state index is 12.2. The Hall–Kier alpha value is -3.15. The van der Waals surface area contributed by atoms with Gasteiger partial charge in [-0.05, 0) is 49.6 Å². The van der Waals surface area contributed by atoms with E-state index in [2.05, 4.69) is 4.98 Å². The van der Waals surface area contributed by atoms with Crippen LogP contribution in [0, 0.1) is 13.8 Å². The van der Waals surface area contributed by atoms with Crippen molar-refractivity contribution in [2.45, 2.75) is 26.8 Å². The van der Waals surface area contributed by atoms with E-state index in [-0.39, 0.29) is 11.7 Å². The Labute approximate surface area is 157 Å². The van der Waals surface area contributed by atoms with Crippen molar-refractivity contribution in [2.24, 2.45) is 0 Å². The Balaban J connectivity index is 2.18. The Bertz CT molecular complexity index is 1050. The minimum Gasteiger partial charge on any atom is -0.467 e. The maximum atomic E-state index is 12.2. The van der Waals surface area contributed by atoms with E-state index in [0.717, 1.165) is 27.6 Å². The van der Waals surface area contributed by atoms with Gasteiger partial charge in [-0.2, -0.15) is 4.98 Å². The molecule has 3 rings (SSSR count). The van der Waals surface area contributed by atoms with Crippen molar-refractivity contribution in [3.05, 3.63) is 57.9 Å². The average molecular weight is 366 g/mol. The molecule has 27 heavy (non-hydrogen) atoms. The zero-order chi connectivity index (χ0) is 19.7. The molecule has 0 N–H and O–H groups in total. The summed E-state index contributed by atoms with van der Waals surface area (Å²) < 4.78 is 10.1. The molecule has 2 aromatic heterocycles. The van der Waals surface area contributed by atoms with Crippen LogP contribution in [0.15, 0.2) is 45.6 Å². The lowest BCUT2D eigenvalue weighted by molar-refractivity contribution is -0.141. The first-order valence-electron chi connectivity index (χ1n) is 8.65. The van der Waals surface area contributed by atoms with Gasteiger partial charge in [-0.3, -0.25) is 0 Å². The number of ether oxygens (including phenoxy) is 1. The molecule has 1 aromatic carbocycles. The number of nitrogens with zero attached hydrogens (tertiary/aromatic N) is 2. The van der Waals surface area contributed by atoms with E-state index in [1.54, 1.807) is 24.9 Å². The van der Waals surface area contributed by atoms with Crippen LogP contribution in [-0.2, 0) is 9.53 Å². The molecule has 1 atom stereocenters. The molecule has 140 valence electrons. The highest BCUT2D eigenvalue weighted by Crippen LogP contribution is 2.32. The van der Waals surface area contributed by atoms with Gasteiger partial charge in [0.15, 0.2) is 0 Å². The molecule has 0 saturated carbocycles. The standard InChI is InChI=1S/C21H22N2O4/c1-12-7-6-8-13(2)19(12)16-11-18(24)27-20-15(16)9-10-17(22-20)23(4)14(3)21(25)26-5/h6-11,14H,1-5H3. The number of fused-ring (bicyclic) bond motifs is 1. The smallest absolute Gasteiger partial charge is 0.338 e. The molecule has 0 radical (unpaired) electrons. The molecule has 0 amide bonds. The maximum Gasteiger partial charge on any atom is 0.338 e. The van der Waals surface area contributed by atoms with Crippen molar-refractivity contribution in [1.82, 2.24) is 4.98 Å². The van der Waals surface area contributed by atoms with E-state index in [1.165, 1.54) is 13.2 Å². The molecule has 0 aliphatic rings. The Morgan fingerprint density at radius 2 is 1.85 bits per heavy atom. The molecule has 0 bridgehead atoms. The van der Waals surface area contributed by atoms with Gasteiger partial charge < -0.3 is 14.1 Å². The summed E-state index contributed by atoms with van der Waals surface area (Å²) in [5.41, 5.74) is 3.71. The number of anilines is 1. The molecule has 0 spiro atoms. The van der Waals surface area contributed by atoms with Crippen molar-refractivity contribution >= 4 is 22.9 Å². The predicted octanol–water partition coefficient (Wildman–Crippen LogP) is 3.47. The quantitative estimate of drug-likeness (QED) is 0.659. The van der Waals surface area contributed by atoms with Crippen molar-refractivity contribution in [3.63, 3.8) is 0 Å². The lowest BCUT2D eigenvalue weighted by Gasteiger charge is -2.23. The van der Waals surface area contributed by atoms with Gasteiger partial charge in [0.1, 0.15) is 11.9 Å². The van der Waals surface area contributed by atoms with E-state index in [9.17, 15) is 9.59 Å². The number of hydrogen-bond acceptors (Lipinski definition) is 6. The van der Waals surface area contributed by atoms with Crippen LogP contribution in [0.5, 0.6) is 0 Å². The molecule has 0 aliphatic carbocycles. The zero-order valence-electron chi connectivity index (χ0n) is 16.1. The number of aromatic nitrogens is 1. The molecule has 0 saturated heterocycles. The van der Waals surface area contributed by atoms with Gasteiger partial charge in [-0.15, -0.1) is 0 Å². The third kappa shape index (κ3) is 3.43. The van der Waals surface area contributed by atoms with Crippen LogP contribution in [0.2, 0.25) is 0 Å². The van der Waals surface area contributed by atoms with E-state index >= 15 is 0 Å². The number of rotatable bonds is 4. The van der Waals surface area contributed by atoms with Crippen molar-refractivity contribution < 1.29 is 13.9 Å². The molecule has 0 aliphatic heterocycles. The topological polar surface area (TPSA) is 72.6 Å². The molecule has 1 unspecified atom stereocenters. The highest BCUT2D eigenvalue weighted by atomic mass is 16.5. The van der Waals surface area contributed by atoms with E-state index < -0.39 is 11.7 Å². The molecule has 0 fully saturated rings. The van der Waals surface area contributed by atoms with Gasteiger partial charge in [0, 0.05) is 24.1 Å². The van der Waals surface area contributed by atoms with Crippen molar-refractivity contribution in [2.75, 3.05) is 19.1 Å². The lowest BCUT2D eigenvalue weighted by Crippen LogP contribution is -2.37. The summed E-state index contributed by atoms with van der Waals surface area (Å²) in [4.78, 5) is 30.1. The Morgan fingerprint density at radius 1 is 1.19 bits per heavy atom. The fourth-order valence-corrected chi connectivity index (χ4v) is 3.20. The molecular formula is C21H22N2O4. The summed E-state index contributed by atoms with van der Waals surface area (Å²) in [7, 11) is 3.08. The van der Waals surface area contributed by atoms with Gasteiger partial charge in [0.2, 0.25) is 5.71 Å². The monoisotopic (exact) mass is 366 g/mol. The number of pyridine rings is 1. The number of carbonyl (C=O) groups excluding carboxylic acids is 1. The van der Waals surface area contributed by atoms with Crippen LogP contribution >= 0.6 is 0 Å².